The molecule has 0 amide bonds. The van der Waals surface area contributed by atoms with Crippen LogP contribution in [0, 0.1) is 23.5 Å². The Bertz CT molecular complexity index is 1070. The SMILES string of the molecule is CCCc1ccc(CCc2cnc(-c3cc(F)c(C#CC(F)(F)F)c(F)c3)nc2)cc1. The number of halogens is 5. The number of alkyl halides is 3. The molecule has 0 saturated heterocycles. The summed E-state index contributed by atoms with van der Waals surface area (Å²) in [5.41, 5.74) is 2.42. The lowest BCUT2D eigenvalue weighted by Gasteiger charge is -2.06. The second kappa shape index (κ2) is 9.69. The molecule has 0 spiro atoms. The first kappa shape index (κ1) is 22.4. The van der Waals surface area contributed by atoms with Crippen molar-refractivity contribution in [2.24, 2.45) is 0 Å². The van der Waals surface area contributed by atoms with Gasteiger partial charge in [0, 0.05) is 23.9 Å². The van der Waals surface area contributed by atoms with Crippen LogP contribution in [0.5, 0.6) is 0 Å². The standard InChI is InChI=1S/C24H19F5N2/c1-2-3-16-4-6-17(7-5-16)8-9-18-14-30-23(31-15-18)19-12-21(25)20(22(26)13-19)10-11-24(27,28)29/h4-7,12-15H,2-3,8-9H2,1H3. The molecule has 3 rings (SSSR count). The highest BCUT2D eigenvalue weighted by Crippen LogP contribution is 2.22. The van der Waals surface area contributed by atoms with Crippen LogP contribution < -0.4 is 0 Å². The van der Waals surface area contributed by atoms with Crippen molar-refractivity contribution >= 4 is 0 Å². The van der Waals surface area contributed by atoms with E-state index in [9.17, 15) is 22.0 Å². The number of aryl methyl sites for hydroxylation is 3. The zero-order chi connectivity index (χ0) is 22.4. The average Bonchev–Trinajstić information content (AvgIpc) is 2.72. The zero-order valence-corrected chi connectivity index (χ0v) is 16.7. The molecule has 31 heavy (non-hydrogen) atoms. The Morgan fingerprint density at radius 3 is 1.84 bits per heavy atom. The molecule has 1 heterocycles. The van der Waals surface area contributed by atoms with E-state index < -0.39 is 23.4 Å². The fourth-order valence-corrected chi connectivity index (χ4v) is 3.04. The first-order valence-corrected chi connectivity index (χ1v) is 9.73. The molecule has 0 aliphatic rings. The monoisotopic (exact) mass is 430 g/mol. The van der Waals surface area contributed by atoms with Gasteiger partial charge in [-0.05, 0) is 48.1 Å². The van der Waals surface area contributed by atoms with Crippen LogP contribution in [0.3, 0.4) is 0 Å². The molecule has 0 atom stereocenters. The first-order chi connectivity index (χ1) is 14.7. The van der Waals surface area contributed by atoms with Crippen molar-refractivity contribution in [2.45, 2.75) is 38.8 Å². The lowest BCUT2D eigenvalue weighted by Crippen LogP contribution is -2.03. The Morgan fingerprint density at radius 1 is 0.806 bits per heavy atom. The maximum atomic E-state index is 14.1. The number of rotatable bonds is 6. The smallest absolute Gasteiger partial charge is 0.236 e. The Hall–Kier alpha value is -3.27. The van der Waals surface area contributed by atoms with Crippen LogP contribution in [0.1, 0.15) is 35.6 Å². The van der Waals surface area contributed by atoms with Crippen molar-refractivity contribution in [2.75, 3.05) is 0 Å². The van der Waals surface area contributed by atoms with Crippen LogP contribution in [-0.4, -0.2) is 16.1 Å². The van der Waals surface area contributed by atoms with E-state index in [-0.39, 0.29) is 11.4 Å². The molecule has 1 aromatic heterocycles. The summed E-state index contributed by atoms with van der Waals surface area (Å²) < 4.78 is 64.6. The first-order valence-electron chi connectivity index (χ1n) is 9.73. The maximum Gasteiger partial charge on any atom is 0.458 e. The highest BCUT2D eigenvalue weighted by molar-refractivity contribution is 5.57. The molecule has 0 bridgehead atoms. The molecule has 0 radical (unpaired) electrons. The molecule has 0 unspecified atom stereocenters. The van der Waals surface area contributed by atoms with Gasteiger partial charge in [-0.15, -0.1) is 0 Å². The van der Waals surface area contributed by atoms with Crippen molar-refractivity contribution in [1.82, 2.24) is 9.97 Å². The van der Waals surface area contributed by atoms with Crippen molar-refractivity contribution in [1.29, 1.82) is 0 Å². The molecule has 0 aliphatic carbocycles. The third-order valence-corrected chi connectivity index (χ3v) is 4.60. The van der Waals surface area contributed by atoms with Crippen molar-refractivity contribution in [3.63, 3.8) is 0 Å². The van der Waals surface area contributed by atoms with Gasteiger partial charge in [-0.25, -0.2) is 18.7 Å². The maximum absolute atomic E-state index is 14.1. The molecule has 3 aromatic rings. The Morgan fingerprint density at radius 2 is 1.32 bits per heavy atom. The van der Waals surface area contributed by atoms with Gasteiger partial charge >= 0.3 is 6.18 Å². The Kier molecular flexibility index (Phi) is 7.01. The quantitative estimate of drug-likeness (QED) is 0.350. The highest BCUT2D eigenvalue weighted by atomic mass is 19.4. The lowest BCUT2D eigenvalue weighted by molar-refractivity contribution is -0.0696. The van der Waals surface area contributed by atoms with E-state index in [1.54, 1.807) is 12.4 Å². The molecular formula is C24H19F5N2. The highest BCUT2D eigenvalue weighted by Gasteiger charge is 2.23. The summed E-state index contributed by atoms with van der Waals surface area (Å²) in [6, 6.07) is 10.2. The second-order valence-corrected chi connectivity index (χ2v) is 7.04. The summed E-state index contributed by atoms with van der Waals surface area (Å²) in [6.45, 7) is 2.14. The second-order valence-electron chi connectivity index (χ2n) is 7.04. The van der Waals surface area contributed by atoms with Crippen molar-refractivity contribution in [3.8, 4) is 23.2 Å². The number of nitrogens with zero attached hydrogens (tertiary/aromatic N) is 2. The van der Waals surface area contributed by atoms with Gasteiger partial charge in [0.25, 0.3) is 0 Å². The summed E-state index contributed by atoms with van der Waals surface area (Å²) >= 11 is 0. The summed E-state index contributed by atoms with van der Waals surface area (Å²) in [7, 11) is 0. The van der Waals surface area contributed by atoms with E-state index in [1.807, 2.05) is 0 Å². The fourth-order valence-electron chi connectivity index (χ4n) is 3.04. The van der Waals surface area contributed by atoms with Crippen LogP contribution in [-0.2, 0) is 19.3 Å². The predicted molar refractivity (Wildman–Crippen MR) is 108 cm³/mol. The van der Waals surface area contributed by atoms with Gasteiger partial charge in [0.2, 0.25) is 0 Å². The van der Waals surface area contributed by atoms with Gasteiger partial charge in [0.05, 0.1) is 5.56 Å². The fraction of sp³-hybridized carbons (Fsp3) is 0.250. The van der Waals surface area contributed by atoms with Crippen molar-refractivity contribution < 1.29 is 22.0 Å². The third kappa shape index (κ3) is 6.35. The van der Waals surface area contributed by atoms with Crippen LogP contribution in [0.15, 0.2) is 48.8 Å². The predicted octanol–water partition coefficient (Wildman–Crippen LogP) is 6.07. The van der Waals surface area contributed by atoms with Gasteiger partial charge in [-0.3, -0.25) is 0 Å². The Balaban J connectivity index is 1.70. The van der Waals surface area contributed by atoms with Gasteiger partial charge in [-0.1, -0.05) is 43.5 Å². The summed E-state index contributed by atoms with van der Waals surface area (Å²) in [5.74, 6) is 0.0124. The molecule has 2 nitrogen and oxygen atoms in total. The van der Waals surface area contributed by atoms with Crippen LogP contribution in [0.25, 0.3) is 11.4 Å². The van der Waals surface area contributed by atoms with Gasteiger partial charge in [0.15, 0.2) is 5.82 Å². The summed E-state index contributed by atoms with van der Waals surface area (Å²) in [4.78, 5) is 8.27. The molecule has 160 valence electrons. The third-order valence-electron chi connectivity index (χ3n) is 4.60. The number of hydrogen-bond acceptors (Lipinski definition) is 2. The lowest BCUT2D eigenvalue weighted by atomic mass is 10.0. The van der Waals surface area contributed by atoms with E-state index in [1.165, 1.54) is 17.0 Å². The molecule has 0 fully saturated rings. The van der Waals surface area contributed by atoms with E-state index in [0.717, 1.165) is 42.9 Å². The van der Waals surface area contributed by atoms with Crippen LogP contribution >= 0.6 is 0 Å². The van der Waals surface area contributed by atoms with Crippen LogP contribution in [0.2, 0.25) is 0 Å². The van der Waals surface area contributed by atoms with E-state index in [4.69, 9.17) is 0 Å². The summed E-state index contributed by atoms with van der Waals surface area (Å²) in [5, 5.41) is 0. The minimum atomic E-state index is -4.84. The van der Waals surface area contributed by atoms with E-state index in [0.29, 0.717) is 6.42 Å². The molecule has 2 aromatic carbocycles. The minimum Gasteiger partial charge on any atom is -0.236 e. The van der Waals surface area contributed by atoms with Crippen LogP contribution in [0.4, 0.5) is 22.0 Å². The number of benzene rings is 2. The summed E-state index contributed by atoms with van der Waals surface area (Å²) in [6.07, 6.45) is 1.94. The Labute approximate surface area is 177 Å². The molecular weight excluding hydrogens is 411 g/mol. The van der Waals surface area contributed by atoms with Crippen molar-refractivity contribution in [3.05, 3.63) is 82.7 Å². The average molecular weight is 430 g/mol. The van der Waals surface area contributed by atoms with E-state index >= 15 is 0 Å². The number of hydrogen-bond donors (Lipinski definition) is 0. The molecule has 0 N–H and O–H groups in total. The van der Waals surface area contributed by atoms with Gasteiger partial charge < -0.3 is 0 Å². The number of aromatic nitrogens is 2. The zero-order valence-electron chi connectivity index (χ0n) is 16.7. The van der Waals surface area contributed by atoms with Gasteiger partial charge in [0.1, 0.15) is 11.6 Å². The van der Waals surface area contributed by atoms with E-state index in [2.05, 4.69) is 41.2 Å². The van der Waals surface area contributed by atoms with Gasteiger partial charge in [-0.2, -0.15) is 13.2 Å². The molecule has 0 saturated carbocycles. The largest absolute Gasteiger partial charge is 0.458 e. The topological polar surface area (TPSA) is 25.8 Å². The minimum absolute atomic E-state index is 0.0191. The normalized spacial score (nSPS) is 11.2. The molecule has 0 aliphatic heterocycles. The molecule has 7 heteroatoms.